The standard InChI is InChI=1S/C23H22N4O3.ClH/c24-17-20-4-8-21(9-5-20)26-12-14-27(15-13-26)23(29)11-7-19-3-1-2-18(16-19)6-10-22(28)25-30;/h1-11,16,30H,12-15H2,(H,25,28);1H/b10-6+,11-7+;. The first-order valence-corrected chi connectivity index (χ1v) is 9.53. The number of amides is 2. The Morgan fingerprint density at radius 2 is 1.58 bits per heavy atom. The van der Waals surface area contributed by atoms with Crippen molar-refractivity contribution in [1.29, 1.82) is 5.26 Å². The van der Waals surface area contributed by atoms with Crippen molar-refractivity contribution in [2.75, 3.05) is 31.1 Å². The van der Waals surface area contributed by atoms with Crippen molar-refractivity contribution in [3.8, 4) is 6.07 Å². The highest BCUT2D eigenvalue weighted by Gasteiger charge is 2.19. The summed E-state index contributed by atoms with van der Waals surface area (Å²) in [5.74, 6) is -0.652. The second-order valence-electron chi connectivity index (χ2n) is 6.78. The molecule has 1 heterocycles. The van der Waals surface area contributed by atoms with Crippen LogP contribution < -0.4 is 10.4 Å². The molecule has 8 heteroatoms. The van der Waals surface area contributed by atoms with E-state index in [9.17, 15) is 9.59 Å². The summed E-state index contributed by atoms with van der Waals surface area (Å²) < 4.78 is 0. The zero-order valence-electron chi connectivity index (χ0n) is 16.8. The van der Waals surface area contributed by atoms with Crippen molar-refractivity contribution in [1.82, 2.24) is 10.4 Å². The Bertz CT molecular complexity index is 1000. The van der Waals surface area contributed by atoms with E-state index in [0.29, 0.717) is 18.7 Å². The van der Waals surface area contributed by atoms with Crippen molar-refractivity contribution in [2.45, 2.75) is 0 Å². The van der Waals surface area contributed by atoms with Crippen LogP contribution in [0.15, 0.2) is 60.7 Å². The van der Waals surface area contributed by atoms with Gasteiger partial charge in [0.25, 0.3) is 5.91 Å². The third-order valence-electron chi connectivity index (χ3n) is 4.82. The molecule has 0 aliphatic carbocycles. The predicted octanol–water partition coefficient (Wildman–Crippen LogP) is 2.86. The molecule has 2 aromatic carbocycles. The van der Waals surface area contributed by atoms with Gasteiger partial charge in [0.05, 0.1) is 11.6 Å². The van der Waals surface area contributed by atoms with Crippen LogP contribution in [0, 0.1) is 11.3 Å². The van der Waals surface area contributed by atoms with E-state index in [4.69, 9.17) is 10.5 Å². The lowest BCUT2D eigenvalue weighted by molar-refractivity contribution is -0.126. The molecule has 0 radical (unpaired) electrons. The number of anilines is 1. The number of nitrogens with zero attached hydrogens (tertiary/aromatic N) is 3. The van der Waals surface area contributed by atoms with Crippen LogP contribution in [-0.2, 0) is 9.59 Å². The van der Waals surface area contributed by atoms with Crippen LogP contribution in [0.3, 0.4) is 0 Å². The average molecular weight is 439 g/mol. The van der Waals surface area contributed by atoms with Crippen molar-refractivity contribution >= 4 is 42.1 Å². The van der Waals surface area contributed by atoms with E-state index in [1.165, 1.54) is 11.6 Å². The molecule has 0 spiro atoms. The summed E-state index contributed by atoms with van der Waals surface area (Å²) in [5.41, 5.74) is 4.84. The van der Waals surface area contributed by atoms with Crippen LogP contribution in [0.1, 0.15) is 16.7 Å². The van der Waals surface area contributed by atoms with E-state index < -0.39 is 5.91 Å². The number of benzene rings is 2. The number of nitrogens with one attached hydrogen (secondary N) is 1. The van der Waals surface area contributed by atoms with E-state index in [0.717, 1.165) is 29.9 Å². The number of hydrogen-bond acceptors (Lipinski definition) is 5. The van der Waals surface area contributed by atoms with Crippen LogP contribution in [0.2, 0.25) is 0 Å². The summed E-state index contributed by atoms with van der Waals surface area (Å²) in [5, 5.41) is 17.4. The van der Waals surface area contributed by atoms with Gasteiger partial charge in [0, 0.05) is 44.0 Å². The minimum absolute atomic E-state index is 0. The minimum Gasteiger partial charge on any atom is -0.368 e. The molecule has 3 rings (SSSR count). The van der Waals surface area contributed by atoms with E-state index >= 15 is 0 Å². The van der Waals surface area contributed by atoms with Gasteiger partial charge in [0.15, 0.2) is 0 Å². The highest BCUT2D eigenvalue weighted by atomic mass is 35.5. The van der Waals surface area contributed by atoms with Gasteiger partial charge in [0.2, 0.25) is 5.91 Å². The minimum atomic E-state index is -0.605. The van der Waals surface area contributed by atoms with Gasteiger partial charge in [-0.3, -0.25) is 14.8 Å². The fraction of sp³-hybridized carbons (Fsp3) is 0.174. The van der Waals surface area contributed by atoms with E-state index in [1.54, 1.807) is 30.4 Å². The molecule has 0 aromatic heterocycles. The number of rotatable bonds is 5. The molecule has 160 valence electrons. The Morgan fingerprint density at radius 1 is 0.968 bits per heavy atom. The van der Waals surface area contributed by atoms with Crippen LogP contribution >= 0.6 is 12.4 Å². The molecular weight excluding hydrogens is 416 g/mol. The number of carbonyl (C=O) groups excluding carboxylic acids is 2. The second kappa shape index (κ2) is 11.6. The molecule has 0 atom stereocenters. The smallest absolute Gasteiger partial charge is 0.267 e. The number of piperazine rings is 1. The summed E-state index contributed by atoms with van der Waals surface area (Å²) in [6.07, 6.45) is 6.10. The van der Waals surface area contributed by atoms with E-state index in [1.807, 2.05) is 41.3 Å². The second-order valence-corrected chi connectivity index (χ2v) is 6.78. The zero-order chi connectivity index (χ0) is 21.3. The average Bonchev–Trinajstić information content (AvgIpc) is 2.81. The fourth-order valence-electron chi connectivity index (χ4n) is 3.18. The summed E-state index contributed by atoms with van der Waals surface area (Å²) in [6.45, 7) is 2.72. The first kappa shape index (κ1) is 23.7. The topological polar surface area (TPSA) is 96.7 Å². The molecule has 0 unspecified atom stereocenters. The maximum absolute atomic E-state index is 12.5. The maximum Gasteiger partial charge on any atom is 0.267 e. The predicted molar refractivity (Wildman–Crippen MR) is 122 cm³/mol. The summed E-state index contributed by atoms with van der Waals surface area (Å²) in [6, 6.07) is 16.9. The van der Waals surface area contributed by atoms with Crippen molar-refractivity contribution in [3.05, 3.63) is 77.4 Å². The van der Waals surface area contributed by atoms with Crippen molar-refractivity contribution in [3.63, 3.8) is 0 Å². The molecule has 0 saturated carbocycles. The van der Waals surface area contributed by atoms with Gasteiger partial charge in [-0.2, -0.15) is 5.26 Å². The van der Waals surface area contributed by atoms with Crippen LogP contribution in [0.4, 0.5) is 5.69 Å². The van der Waals surface area contributed by atoms with Crippen LogP contribution in [0.5, 0.6) is 0 Å². The van der Waals surface area contributed by atoms with Gasteiger partial charge >= 0.3 is 0 Å². The third kappa shape index (κ3) is 6.71. The number of carbonyl (C=O) groups is 2. The van der Waals surface area contributed by atoms with E-state index in [2.05, 4.69) is 11.0 Å². The molecule has 1 fully saturated rings. The lowest BCUT2D eigenvalue weighted by Crippen LogP contribution is -2.48. The number of hydroxylamine groups is 1. The highest BCUT2D eigenvalue weighted by molar-refractivity contribution is 5.92. The SMILES string of the molecule is Cl.N#Cc1ccc(N2CCN(C(=O)/C=C/c3cccc(/C=C/C(=O)NO)c3)CC2)cc1. The Balaban J connectivity index is 0.00000341. The zero-order valence-corrected chi connectivity index (χ0v) is 17.6. The molecule has 1 aliphatic heterocycles. The van der Waals surface area contributed by atoms with Gasteiger partial charge in [-0.05, 0) is 53.6 Å². The third-order valence-corrected chi connectivity index (χ3v) is 4.82. The lowest BCUT2D eigenvalue weighted by atomic mass is 10.1. The summed E-state index contributed by atoms with van der Waals surface area (Å²) >= 11 is 0. The van der Waals surface area contributed by atoms with Gasteiger partial charge in [-0.25, -0.2) is 5.48 Å². The van der Waals surface area contributed by atoms with E-state index in [-0.39, 0.29) is 18.3 Å². The van der Waals surface area contributed by atoms with Gasteiger partial charge in [-0.1, -0.05) is 18.2 Å². The van der Waals surface area contributed by atoms with Crippen LogP contribution in [0.25, 0.3) is 12.2 Å². The largest absolute Gasteiger partial charge is 0.368 e. The first-order valence-electron chi connectivity index (χ1n) is 9.53. The quantitative estimate of drug-likeness (QED) is 0.425. The Kier molecular flexibility index (Phi) is 8.82. The van der Waals surface area contributed by atoms with Crippen LogP contribution in [-0.4, -0.2) is 48.1 Å². The van der Waals surface area contributed by atoms with Crippen molar-refractivity contribution < 1.29 is 14.8 Å². The van der Waals surface area contributed by atoms with Gasteiger partial charge < -0.3 is 9.80 Å². The first-order chi connectivity index (χ1) is 14.6. The Hall–Kier alpha value is -3.60. The highest BCUT2D eigenvalue weighted by Crippen LogP contribution is 2.17. The normalized spacial score (nSPS) is 13.7. The molecule has 0 bridgehead atoms. The summed E-state index contributed by atoms with van der Waals surface area (Å²) in [7, 11) is 0. The Labute approximate surface area is 187 Å². The van der Waals surface area contributed by atoms with Gasteiger partial charge in [-0.15, -0.1) is 12.4 Å². The molecule has 2 amide bonds. The molecule has 1 saturated heterocycles. The fourth-order valence-corrected chi connectivity index (χ4v) is 3.18. The number of halogens is 1. The van der Waals surface area contributed by atoms with Crippen molar-refractivity contribution in [2.24, 2.45) is 0 Å². The number of nitriles is 1. The Morgan fingerprint density at radius 3 is 2.16 bits per heavy atom. The molecule has 7 nitrogen and oxygen atoms in total. The monoisotopic (exact) mass is 438 g/mol. The molecule has 2 N–H and O–H groups in total. The number of hydrogen-bond donors (Lipinski definition) is 2. The molecule has 1 aliphatic rings. The lowest BCUT2D eigenvalue weighted by Gasteiger charge is -2.35. The molecule has 31 heavy (non-hydrogen) atoms. The maximum atomic E-state index is 12.5. The van der Waals surface area contributed by atoms with Gasteiger partial charge in [0.1, 0.15) is 0 Å². The molecule has 2 aromatic rings. The summed E-state index contributed by atoms with van der Waals surface area (Å²) in [4.78, 5) is 27.6. The molecular formula is C23H23ClN4O3.